The summed E-state index contributed by atoms with van der Waals surface area (Å²) >= 11 is 7.97. The molecule has 1 aliphatic heterocycles. The average Bonchev–Trinajstić information content (AvgIpc) is 3.08. The molecule has 1 unspecified atom stereocenters. The summed E-state index contributed by atoms with van der Waals surface area (Å²) in [5.41, 5.74) is 0.346. The lowest BCUT2D eigenvalue weighted by molar-refractivity contribution is -0.149. The molecule has 0 aliphatic carbocycles. The lowest BCUT2D eigenvalue weighted by Crippen LogP contribution is -2.47. The Kier molecular flexibility index (Phi) is 7.14. The predicted octanol–water partition coefficient (Wildman–Crippen LogP) is 2.79. The van der Waals surface area contributed by atoms with Crippen molar-refractivity contribution in [2.75, 3.05) is 11.6 Å². The molecule has 1 heterocycles. The second-order valence-electron chi connectivity index (χ2n) is 5.85. The maximum atomic E-state index is 12.9. The van der Waals surface area contributed by atoms with Gasteiger partial charge in [0.05, 0.1) is 17.0 Å². The molecule has 9 heteroatoms. The van der Waals surface area contributed by atoms with E-state index >= 15 is 0 Å². The van der Waals surface area contributed by atoms with E-state index in [0.29, 0.717) is 16.3 Å². The van der Waals surface area contributed by atoms with Gasteiger partial charge in [0.2, 0.25) is 5.91 Å². The van der Waals surface area contributed by atoms with Crippen LogP contribution in [0.25, 0.3) is 0 Å². The first-order valence-electron chi connectivity index (χ1n) is 7.80. The van der Waals surface area contributed by atoms with Crippen molar-refractivity contribution >= 4 is 57.9 Å². The van der Waals surface area contributed by atoms with Crippen LogP contribution in [-0.4, -0.2) is 55.7 Å². The van der Waals surface area contributed by atoms with Gasteiger partial charge >= 0.3 is 5.97 Å². The van der Waals surface area contributed by atoms with Crippen molar-refractivity contribution in [2.24, 2.45) is 5.92 Å². The quantitative estimate of drug-likeness (QED) is 0.714. The molecule has 2 rings (SSSR count). The number of benzene rings is 1. The van der Waals surface area contributed by atoms with E-state index in [1.54, 1.807) is 31.2 Å². The minimum Gasteiger partial charge on any atom is -0.480 e. The maximum Gasteiger partial charge on any atom is 0.327 e. The van der Waals surface area contributed by atoms with Crippen LogP contribution in [0.4, 0.5) is 0 Å². The van der Waals surface area contributed by atoms with E-state index in [4.69, 9.17) is 11.6 Å². The number of thioether (sulfide) groups is 2. The third kappa shape index (κ3) is 4.81. The molecule has 0 aromatic heterocycles. The van der Waals surface area contributed by atoms with Gasteiger partial charge in [0.1, 0.15) is 6.04 Å². The first-order chi connectivity index (χ1) is 12.2. The number of Topliss-reactive ketones (excluding diaryl/α,β-unsaturated/α-hetero) is 1. The number of carbonyl (C=O) groups excluding carboxylic acids is 3. The summed E-state index contributed by atoms with van der Waals surface area (Å²) in [6, 6.07) is 5.30. The van der Waals surface area contributed by atoms with Crippen LogP contribution >= 0.6 is 35.1 Å². The summed E-state index contributed by atoms with van der Waals surface area (Å²) in [4.78, 5) is 49.9. The van der Waals surface area contributed by atoms with Crippen molar-refractivity contribution in [1.29, 1.82) is 0 Å². The fourth-order valence-corrected chi connectivity index (χ4v) is 4.80. The van der Waals surface area contributed by atoms with Gasteiger partial charge in [-0.15, -0.1) is 11.8 Å². The van der Waals surface area contributed by atoms with E-state index in [1.807, 2.05) is 0 Å². The zero-order valence-electron chi connectivity index (χ0n) is 14.2. The lowest BCUT2D eigenvalue weighted by Gasteiger charge is -2.27. The highest BCUT2D eigenvalue weighted by Gasteiger charge is 2.41. The molecule has 140 valence electrons. The fraction of sp³-hybridized carbons (Fsp3) is 0.412. The molecule has 1 saturated heterocycles. The Morgan fingerprint density at radius 1 is 1.27 bits per heavy atom. The molecule has 0 spiro atoms. The molecule has 1 amide bonds. The fourth-order valence-electron chi connectivity index (χ4n) is 2.60. The van der Waals surface area contributed by atoms with Gasteiger partial charge in [0.25, 0.3) is 0 Å². The molecule has 6 nitrogen and oxygen atoms in total. The van der Waals surface area contributed by atoms with E-state index in [-0.39, 0.29) is 16.8 Å². The minimum absolute atomic E-state index is 0.257. The third-order valence-corrected chi connectivity index (χ3v) is 6.45. The van der Waals surface area contributed by atoms with Crippen LogP contribution in [0.1, 0.15) is 24.2 Å². The summed E-state index contributed by atoms with van der Waals surface area (Å²) < 4.78 is 0. The Bertz CT molecular complexity index is 724. The number of carboxylic acid groups (broad SMARTS) is 1. The summed E-state index contributed by atoms with van der Waals surface area (Å²) in [6.45, 7) is 2.88. The standard InChI is InChI=1S/C17H18ClNO5S2/c1-9(16(22)19-8-25-7-13(19)17(23)24)15(26-10(2)20)14(21)11-3-5-12(18)6-4-11/h3-6,9,13,15H,7-8H2,1-2H3,(H,23,24)/t9-,13+,15?/m1/s1. The van der Waals surface area contributed by atoms with Crippen LogP contribution in [0, 0.1) is 5.92 Å². The highest BCUT2D eigenvalue weighted by molar-refractivity contribution is 8.14. The molecular formula is C17H18ClNO5S2. The number of ketones is 1. The molecule has 0 saturated carbocycles. The van der Waals surface area contributed by atoms with Gasteiger partial charge in [-0.3, -0.25) is 14.4 Å². The second-order valence-corrected chi connectivity index (χ2v) is 8.61. The number of hydrogen-bond donors (Lipinski definition) is 1. The zero-order chi connectivity index (χ0) is 19.4. The highest BCUT2D eigenvalue weighted by atomic mass is 35.5. The number of hydrogen-bond acceptors (Lipinski definition) is 6. The Morgan fingerprint density at radius 2 is 1.88 bits per heavy atom. The predicted molar refractivity (Wildman–Crippen MR) is 103 cm³/mol. The van der Waals surface area contributed by atoms with E-state index in [2.05, 4.69) is 0 Å². The van der Waals surface area contributed by atoms with Crippen LogP contribution < -0.4 is 0 Å². The van der Waals surface area contributed by atoms with Crippen LogP contribution in [0.2, 0.25) is 5.02 Å². The van der Waals surface area contributed by atoms with Gasteiger partial charge in [0.15, 0.2) is 10.9 Å². The van der Waals surface area contributed by atoms with Gasteiger partial charge in [-0.2, -0.15) is 0 Å². The van der Waals surface area contributed by atoms with E-state index in [9.17, 15) is 24.3 Å². The maximum absolute atomic E-state index is 12.9. The number of nitrogens with zero attached hydrogens (tertiary/aromatic N) is 1. The number of amides is 1. The van der Waals surface area contributed by atoms with Gasteiger partial charge in [-0.25, -0.2) is 4.79 Å². The number of carboxylic acids is 1. The van der Waals surface area contributed by atoms with Crippen molar-refractivity contribution in [2.45, 2.75) is 25.1 Å². The van der Waals surface area contributed by atoms with Gasteiger partial charge in [-0.1, -0.05) is 30.3 Å². The lowest BCUT2D eigenvalue weighted by atomic mass is 9.97. The number of carbonyl (C=O) groups is 4. The average molecular weight is 416 g/mol. The second kappa shape index (κ2) is 8.92. The normalized spacial score (nSPS) is 19.0. The van der Waals surface area contributed by atoms with Crippen molar-refractivity contribution in [3.63, 3.8) is 0 Å². The Morgan fingerprint density at radius 3 is 2.42 bits per heavy atom. The minimum atomic E-state index is -1.07. The molecule has 1 aliphatic rings. The van der Waals surface area contributed by atoms with Crippen LogP contribution in [-0.2, 0) is 14.4 Å². The summed E-state index contributed by atoms with van der Waals surface area (Å²) in [6.07, 6.45) is 0. The molecule has 1 N–H and O–H groups in total. The van der Waals surface area contributed by atoms with Gasteiger partial charge in [0, 0.05) is 23.3 Å². The van der Waals surface area contributed by atoms with Gasteiger partial charge in [-0.05, 0) is 24.3 Å². The molecule has 0 radical (unpaired) electrons. The molecule has 1 fully saturated rings. The Hall–Kier alpha value is -1.51. The number of halogens is 1. The van der Waals surface area contributed by atoms with Crippen molar-refractivity contribution < 1.29 is 24.3 Å². The summed E-state index contributed by atoms with van der Waals surface area (Å²) in [7, 11) is 0. The SMILES string of the molecule is CC(=O)SC(C(=O)c1ccc(Cl)cc1)[C@@H](C)C(=O)N1CSC[C@H]1C(=O)O. The van der Waals surface area contributed by atoms with Crippen LogP contribution in [0.15, 0.2) is 24.3 Å². The van der Waals surface area contributed by atoms with E-state index in [0.717, 1.165) is 11.8 Å². The molecule has 3 atom stereocenters. The van der Waals surface area contributed by atoms with Crippen molar-refractivity contribution in [3.05, 3.63) is 34.9 Å². The van der Waals surface area contributed by atoms with Gasteiger partial charge < -0.3 is 10.0 Å². The number of aliphatic carboxylic acids is 1. The third-order valence-electron chi connectivity index (χ3n) is 3.97. The molecule has 0 bridgehead atoms. The van der Waals surface area contributed by atoms with E-state index in [1.165, 1.54) is 23.6 Å². The number of rotatable bonds is 6. The molecule has 1 aromatic rings. The van der Waals surface area contributed by atoms with Crippen molar-refractivity contribution in [1.82, 2.24) is 4.90 Å². The highest BCUT2D eigenvalue weighted by Crippen LogP contribution is 2.30. The zero-order valence-corrected chi connectivity index (χ0v) is 16.6. The topological polar surface area (TPSA) is 91.8 Å². The first-order valence-corrected chi connectivity index (χ1v) is 10.2. The van der Waals surface area contributed by atoms with Crippen LogP contribution in [0.3, 0.4) is 0 Å². The summed E-state index contributed by atoms with van der Waals surface area (Å²) in [5, 5.41) is 8.52. The van der Waals surface area contributed by atoms with Crippen molar-refractivity contribution in [3.8, 4) is 0 Å². The first kappa shape index (κ1) is 20.8. The Labute approximate surface area is 164 Å². The monoisotopic (exact) mass is 415 g/mol. The largest absolute Gasteiger partial charge is 0.480 e. The smallest absolute Gasteiger partial charge is 0.327 e. The Balaban J connectivity index is 2.26. The molecule has 1 aromatic carbocycles. The van der Waals surface area contributed by atoms with Crippen LogP contribution in [0.5, 0.6) is 0 Å². The molecule has 26 heavy (non-hydrogen) atoms. The summed E-state index contributed by atoms with van der Waals surface area (Å²) in [5.74, 6) is -2.15. The van der Waals surface area contributed by atoms with E-state index < -0.39 is 29.1 Å². The molecular weight excluding hydrogens is 398 g/mol.